The second-order valence-electron chi connectivity index (χ2n) is 5.23. The van der Waals surface area contributed by atoms with Crippen LogP contribution in [0.4, 0.5) is 5.69 Å². The number of carbonyl (C=O) groups excluding carboxylic acids is 1. The van der Waals surface area contributed by atoms with Crippen LogP contribution in [0.3, 0.4) is 0 Å². The summed E-state index contributed by atoms with van der Waals surface area (Å²) in [6, 6.07) is 11.0. The molecule has 1 unspecified atom stereocenters. The van der Waals surface area contributed by atoms with Crippen LogP contribution < -0.4 is 10.2 Å². The minimum absolute atomic E-state index is 0.167. The molecule has 1 amide bonds. The summed E-state index contributed by atoms with van der Waals surface area (Å²) in [5.74, 6) is -0.191. The van der Waals surface area contributed by atoms with Crippen molar-refractivity contribution in [1.82, 2.24) is 10.3 Å². The Balaban J connectivity index is 1.93. The number of benzene rings is 1. The SMILES string of the molecule is CCN(CC)c1ccc(C(=O)NCC(O)c2ccncc2)cc1. The number of amides is 1. The molecule has 0 radical (unpaired) electrons. The van der Waals surface area contributed by atoms with E-state index in [9.17, 15) is 9.90 Å². The molecule has 0 aliphatic rings. The second kappa shape index (κ2) is 8.29. The van der Waals surface area contributed by atoms with E-state index in [0.717, 1.165) is 24.3 Å². The highest BCUT2D eigenvalue weighted by atomic mass is 16.3. The Hall–Kier alpha value is -2.40. The van der Waals surface area contributed by atoms with Crippen LogP contribution in [0.5, 0.6) is 0 Å². The molecule has 1 heterocycles. The van der Waals surface area contributed by atoms with Crippen molar-refractivity contribution in [2.75, 3.05) is 24.5 Å². The number of nitrogens with zero attached hydrogens (tertiary/aromatic N) is 2. The quantitative estimate of drug-likeness (QED) is 0.824. The number of carbonyl (C=O) groups is 1. The monoisotopic (exact) mass is 313 g/mol. The average molecular weight is 313 g/mol. The number of pyridine rings is 1. The molecule has 0 saturated carbocycles. The lowest BCUT2D eigenvalue weighted by Gasteiger charge is -2.21. The van der Waals surface area contributed by atoms with E-state index in [1.54, 1.807) is 24.5 Å². The fraction of sp³-hybridized carbons (Fsp3) is 0.333. The van der Waals surface area contributed by atoms with Crippen molar-refractivity contribution in [2.45, 2.75) is 20.0 Å². The fourth-order valence-electron chi connectivity index (χ4n) is 2.41. The van der Waals surface area contributed by atoms with Crippen molar-refractivity contribution in [2.24, 2.45) is 0 Å². The number of nitrogens with one attached hydrogen (secondary N) is 1. The highest BCUT2D eigenvalue weighted by Crippen LogP contribution is 2.15. The smallest absolute Gasteiger partial charge is 0.251 e. The van der Waals surface area contributed by atoms with E-state index in [1.165, 1.54) is 0 Å². The maximum absolute atomic E-state index is 12.2. The highest BCUT2D eigenvalue weighted by Gasteiger charge is 2.11. The molecular formula is C18H23N3O2. The van der Waals surface area contributed by atoms with Gasteiger partial charge in [0.2, 0.25) is 0 Å². The summed E-state index contributed by atoms with van der Waals surface area (Å²) < 4.78 is 0. The third kappa shape index (κ3) is 4.53. The Morgan fingerprint density at radius 1 is 1.13 bits per heavy atom. The number of hydrogen-bond acceptors (Lipinski definition) is 4. The highest BCUT2D eigenvalue weighted by molar-refractivity contribution is 5.94. The standard InChI is InChI=1S/C18H23N3O2/c1-3-21(4-2)16-7-5-15(6-8-16)18(23)20-13-17(22)14-9-11-19-12-10-14/h5-12,17,22H,3-4,13H2,1-2H3,(H,20,23). The van der Waals surface area contributed by atoms with Crippen molar-refractivity contribution in [3.05, 3.63) is 59.9 Å². The molecule has 2 rings (SSSR count). The molecule has 0 spiro atoms. The molecule has 23 heavy (non-hydrogen) atoms. The Labute approximate surface area is 137 Å². The second-order valence-corrected chi connectivity index (χ2v) is 5.23. The summed E-state index contributed by atoms with van der Waals surface area (Å²) in [7, 11) is 0. The lowest BCUT2D eigenvalue weighted by atomic mass is 10.1. The van der Waals surface area contributed by atoms with Gasteiger partial charge in [-0.15, -0.1) is 0 Å². The van der Waals surface area contributed by atoms with Crippen molar-refractivity contribution in [3.63, 3.8) is 0 Å². The van der Waals surface area contributed by atoms with Crippen LogP contribution >= 0.6 is 0 Å². The Morgan fingerprint density at radius 3 is 2.30 bits per heavy atom. The van der Waals surface area contributed by atoms with E-state index in [1.807, 2.05) is 24.3 Å². The molecule has 0 fully saturated rings. The number of aliphatic hydroxyl groups excluding tert-OH is 1. The largest absolute Gasteiger partial charge is 0.387 e. The van der Waals surface area contributed by atoms with Crippen LogP contribution in [0.2, 0.25) is 0 Å². The minimum atomic E-state index is -0.739. The predicted octanol–water partition coefficient (Wildman–Crippen LogP) is 2.39. The third-order valence-electron chi connectivity index (χ3n) is 3.80. The van der Waals surface area contributed by atoms with E-state index < -0.39 is 6.10 Å². The van der Waals surface area contributed by atoms with E-state index >= 15 is 0 Å². The number of rotatable bonds is 7. The molecule has 2 aromatic rings. The molecule has 5 nitrogen and oxygen atoms in total. The molecule has 1 atom stereocenters. The summed E-state index contributed by atoms with van der Waals surface area (Å²) in [5, 5.41) is 12.8. The van der Waals surface area contributed by atoms with Crippen molar-refractivity contribution >= 4 is 11.6 Å². The maximum atomic E-state index is 12.2. The van der Waals surface area contributed by atoms with Gasteiger partial charge in [0.05, 0.1) is 6.10 Å². The average Bonchev–Trinajstić information content (AvgIpc) is 2.61. The van der Waals surface area contributed by atoms with Crippen molar-refractivity contribution < 1.29 is 9.90 Å². The summed E-state index contributed by atoms with van der Waals surface area (Å²) in [6.45, 7) is 6.23. The first-order valence-electron chi connectivity index (χ1n) is 7.86. The summed E-state index contributed by atoms with van der Waals surface area (Å²) in [6.07, 6.45) is 2.50. The Kier molecular flexibility index (Phi) is 6.11. The van der Waals surface area contributed by atoms with Gasteiger partial charge in [0.25, 0.3) is 5.91 Å². The molecule has 5 heteroatoms. The molecule has 1 aromatic heterocycles. The van der Waals surface area contributed by atoms with Gasteiger partial charge in [-0.2, -0.15) is 0 Å². The molecule has 0 aliphatic heterocycles. The van der Waals surface area contributed by atoms with Crippen molar-refractivity contribution in [1.29, 1.82) is 0 Å². The van der Waals surface area contributed by atoms with Gasteiger partial charge in [-0.05, 0) is 55.8 Å². The normalized spacial score (nSPS) is 11.8. The first-order chi connectivity index (χ1) is 11.2. The molecule has 122 valence electrons. The van der Waals surface area contributed by atoms with Gasteiger partial charge in [-0.25, -0.2) is 0 Å². The molecule has 0 bridgehead atoms. The van der Waals surface area contributed by atoms with Gasteiger partial charge in [-0.3, -0.25) is 9.78 Å². The maximum Gasteiger partial charge on any atom is 0.251 e. The number of aromatic nitrogens is 1. The van der Waals surface area contributed by atoms with Gasteiger partial charge in [0, 0.05) is 43.3 Å². The number of anilines is 1. The lowest BCUT2D eigenvalue weighted by Crippen LogP contribution is -2.28. The zero-order valence-corrected chi connectivity index (χ0v) is 13.6. The van der Waals surface area contributed by atoms with Crippen LogP contribution in [0.15, 0.2) is 48.8 Å². The van der Waals surface area contributed by atoms with Crippen LogP contribution in [0.25, 0.3) is 0 Å². The topological polar surface area (TPSA) is 65.5 Å². The summed E-state index contributed by atoms with van der Waals surface area (Å²) >= 11 is 0. The van der Waals surface area contributed by atoms with E-state index in [2.05, 4.69) is 29.0 Å². The fourth-order valence-corrected chi connectivity index (χ4v) is 2.41. The van der Waals surface area contributed by atoms with Crippen LogP contribution in [0, 0.1) is 0 Å². The summed E-state index contributed by atoms with van der Waals surface area (Å²) in [4.78, 5) is 18.3. The van der Waals surface area contributed by atoms with E-state index in [4.69, 9.17) is 0 Å². The first kappa shape index (κ1) is 17.0. The van der Waals surface area contributed by atoms with Gasteiger partial charge >= 0.3 is 0 Å². The van der Waals surface area contributed by atoms with Crippen molar-refractivity contribution in [3.8, 4) is 0 Å². The number of aliphatic hydroxyl groups is 1. The summed E-state index contributed by atoms with van der Waals surface area (Å²) in [5.41, 5.74) is 2.42. The predicted molar refractivity (Wildman–Crippen MR) is 91.5 cm³/mol. The van der Waals surface area contributed by atoms with Crippen LogP contribution in [-0.4, -0.2) is 35.6 Å². The zero-order chi connectivity index (χ0) is 16.7. The van der Waals surface area contributed by atoms with Crippen LogP contribution in [-0.2, 0) is 0 Å². The van der Waals surface area contributed by atoms with E-state index in [0.29, 0.717) is 5.56 Å². The molecule has 0 saturated heterocycles. The molecular weight excluding hydrogens is 290 g/mol. The van der Waals surface area contributed by atoms with Gasteiger partial charge in [0.1, 0.15) is 0 Å². The third-order valence-corrected chi connectivity index (χ3v) is 3.80. The van der Waals surface area contributed by atoms with E-state index in [-0.39, 0.29) is 12.5 Å². The van der Waals surface area contributed by atoms with Gasteiger partial charge < -0.3 is 15.3 Å². The first-order valence-corrected chi connectivity index (χ1v) is 7.86. The Bertz CT molecular complexity index is 610. The van der Waals surface area contributed by atoms with Crippen LogP contribution in [0.1, 0.15) is 35.9 Å². The number of hydrogen-bond donors (Lipinski definition) is 2. The molecule has 1 aromatic carbocycles. The zero-order valence-electron chi connectivity index (χ0n) is 13.6. The Morgan fingerprint density at radius 2 is 1.74 bits per heavy atom. The van der Waals surface area contributed by atoms with Gasteiger partial charge in [0.15, 0.2) is 0 Å². The van der Waals surface area contributed by atoms with Gasteiger partial charge in [-0.1, -0.05) is 0 Å². The molecule has 0 aliphatic carbocycles. The molecule has 2 N–H and O–H groups in total. The minimum Gasteiger partial charge on any atom is -0.387 e. The lowest BCUT2D eigenvalue weighted by molar-refractivity contribution is 0.0916.